The molecule has 0 aliphatic heterocycles. The number of nitrogens with zero attached hydrogens (tertiary/aromatic N) is 2. The van der Waals surface area contributed by atoms with Crippen LogP contribution in [-0.4, -0.2) is 28.7 Å². The lowest BCUT2D eigenvalue weighted by molar-refractivity contribution is 0.549. The SMILES string of the molecule is CC(C)(C)c1nnsc1CNCCCNC1CC1. The summed E-state index contributed by atoms with van der Waals surface area (Å²) >= 11 is 1.52. The summed E-state index contributed by atoms with van der Waals surface area (Å²) in [6.45, 7) is 9.64. The van der Waals surface area contributed by atoms with Crippen LogP contribution in [-0.2, 0) is 12.0 Å². The first-order valence-electron chi connectivity index (χ1n) is 6.83. The molecule has 0 saturated heterocycles. The molecule has 5 heteroatoms. The van der Waals surface area contributed by atoms with Crippen molar-refractivity contribution in [2.75, 3.05) is 13.1 Å². The first-order valence-corrected chi connectivity index (χ1v) is 7.60. The lowest BCUT2D eigenvalue weighted by Crippen LogP contribution is -2.24. The summed E-state index contributed by atoms with van der Waals surface area (Å²) in [6, 6.07) is 0.822. The number of rotatable bonds is 7. The fraction of sp³-hybridized carbons (Fsp3) is 0.846. The fourth-order valence-electron chi connectivity index (χ4n) is 1.90. The van der Waals surface area contributed by atoms with Crippen molar-refractivity contribution in [1.29, 1.82) is 0 Å². The highest BCUT2D eigenvalue weighted by Crippen LogP contribution is 2.25. The van der Waals surface area contributed by atoms with Crippen molar-refractivity contribution in [3.8, 4) is 0 Å². The van der Waals surface area contributed by atoms with Gasteiger partial charge in [0, 0.05) is 18.0 Å². The molecular formula is C13H24N4S. The Morgan fingerprint density at radius 3 is 2.72 bits per heavy atom. The van der Waals surface area contributed by atoms with E-state index in [9.17, 15) is 0 Å². The molecule has 0 unspecified atom stereocenters. The highest BCUT2D eigenvalue weighted by molar-refractivity contribution is 7.05. The molecule has 1 saturated carbocycles. The second kappa shape index (κ2) is 6.08. The average Bonchev–Trinajstić information content (AvgIpc) is 2.98. The van der Waals surface area contributed by atoms with Gasteiger partial charge in [0.2, 0.25) is 0 Å². The first-order chi connectivity index (χ1) is 8.57. The van der Waals surface area contributed by atoms with Crippen molar-refractivity contribution in [2.45, 2.75) is 58.0 Å². The minimum absolute atomic E-state index is 0.0948. The topological polar surface area (TPSA) is 49.8 Å². The second-order valence-corrected chi connectivity index (χ2v) is 6.89. The molecule has 1 heterocycles. The maximum Gasteiger partial charge on any atom is 0.0854 e. The summed E-state index contributed by atoms with van der Waals surface area (Å²) in [5, 5.41) is 11.3. The molecule has 0 atom stereocenters. The monoisotopic (exact) mass is 268 g/mol. The maximum absolute atomic E-state index is 4.25. The molecule has 102 valence electrons. The Kier molecular flexibility index (Phi) is 4.70. The summed E-state index contributed by atoms with van der Waals surface area (Å²) in [4.78, 5) is 1.28. The van der Waals surface area contributed by atoms with Crippen molar-refractivity contribution in [2.24, 2.45) is 0 Å². The zero-order chi connectivity index (χ0) is 13.0. The predicted molar refractivity (Wildman–Crippen MR) is 76.0 cm³/mol. The lowest BCUT2D eigenvalue weighted by Gasteiger charge is -2.16. The van der Waals surface area contributed by atoms with E-state index >= 15 is 0 Å². The molecule has 0 amide bonds. The van der Waals surface area contributed by atoms with Gasteiger partial charge in [-0.3, -0.25) is 0 Å². The Morgan fingerprint density at radius 2 is 2.06 bits per heavy atom. The number of hydrogen-bond donors (Lipinski definition) is 2. The molecule has 4 nitrogen and oxygen atoms in total. The Morgan fingerprint density at radius 1 is 1.28 bits per heavy atom. The van der Waals surface area contributed by atoms with E-state index in [2.05, 4.69) is 41.0 Å². The van der Waals surface area contributed by atoms with E-state index < -0.39 is 0 Å². The molecule has 0 spiro atoms. The number of hydrogen-bond acceptors (Lipinski definition) is 5. The zero-order valence-corrected chi connectivity index (χ0v) is 12.4. The third-order valence-corrected chi connectivity index (χ3v) is 3.81. The first kappa shape index (κ1) is 13.9. The van der Waals surface area contributed by atoms with E-state index in [4.69, 9.17) is 0 Å². The van der Waals surface area contributed by atoms with Gasteiger partial charge in [0.15, 0.2) is 0 Å². The van der Waals surface area contributed by atoms with Crippen LogP contribution < -0.4 is 10.6 Å². The quantitative estimate of drug-likeness (QED) is 0.743. The smallest absolute Gasteiger partial charge is 0.0854 e. The van der Waals surface area contributed by atoms with Gasteiger partial charge in [0.25, 0.3) is 0 Å². The lowest BCUT2D eigenvalue weighted by atomic mass is 9.91. The van der Waals surface area contributed by atoms with Crippen LogP contribution in [0, 0.1) is 0 Å². The molecule has 1 aliphatic carbocycles. The number of nitrogens with one attached hydrogen (secondary N) is 2. The predicted octanol–water partition coefficient (Wildman–Crippen LogP) is 2.07. The van der Waals surface area contributed by atoms with Gasteiger partial charge in [-0.2, -0.15) is 0 Å². The Hall–Kier alpha value is -0.520. The van der Waals surface area contributed by atoms with Crippen molar-refractivity contribution >= 4 is 11.5 Å². The van der Waals surface area contributed by atoms with Gasteiger partial charge < -0.3 is 10.6 Å². The average molecular weight is 268 g/mol. The zero-order valence-electron chi connectivity index (χ0n) is 11.6. The van der Waals surface area contributed by atoms with Gasteiger partial charge in [-0.1, -0.05) is 25.3 Å². The summed E-state index contributed by atoms with van der Waals surface area (Å²) in [5.74, 6) is 0. The van der Waals surface area contributed by atoms with Crippen molar-refractivity contribution in [1.82, 2.24) is 20.2 Å². The van der Waals surface area contributed by atoms with E-state index in [1.165, 1.54) is 35.7 Å². The summed E-state index contributed by atoms with van der Waals surface area (Å²) in [7, 11) is 0. The van der Waals surface area contributed by atoms with Crippen LogP contribution in [0.4, 0.5) is 0 Å². The molecule has 1 fully saturated rings. The minimum Gasteiger partial charge on any atom is -0.314 e. The molecule has 0 aromatic carbocycles. The molecule has 1 aliphatic rings. The van der Waals surface area contributed by atoms with Crippen LogP contribution in [0.3, 0.4) is 0 Å². The molecule has 0 bridgehead atoms. The summed E-state index contributed by atoms with van der Waals surface area (Å²) < 4.78 is 4.07. The van der Waals surface area contributed by atoms with Crippen molar-refractivity contribution < 1.29 is 0 Å². The van der Waals surface area contributed by atoms with Gasteiger partial charge in [-0.25, -0.2) is 0 Å². The van der Waals surface area contributed by atoms with Crippen LogP contribution >= 0.6 is 11.5 Å². The Labute approximate surface area is 114 Å². The van der Waals surface area contributed by atoms with E-state index in [0.717, 1.165) is 31.4 Å². The standard InChI is InChI=1S/C13H24N4S/c1-13(2,3)12-11(18-17-16-12)9-14-7-4-8-15-10-5-6-10/h10,14-15H,4-9H2,1-3H3. The normalized spacial score (nSPS) is 16.2. The van der Waals surface area contributed by atoms with E-state index in [1.54, 1.807) is 0 Å². The summed E-state index contributed by atoms with van der Waals surface area (Å²) in [5.41, 5.74) is 1.23. The molecule has 2 rings (SSSR count). The van der Waals surface area contributed by atoms with Gasteiger partial charge in [0.1, 0.15) is 0 Å². The number of aromatic nitrogens is 2. The highest BCUT2D eigenvalue weighted by atomic mass is 32.1. The fourth-order valence-corrected chi connectivity index (χ4v) is 2.72. The largest absolute Gasteiger partial charge is 0.314 e. The molecule has 1 aromatic rings. The summed E-state index contributed by atoms with van der Waals surface area (Å²) in [6.07, 6.45) is 3.93. The minimum atomic E-state index is 0.0948. The second-order valence-electron chi connectivity index (χ2n) is 6.05. The van der Waals surface area contributed by atoms with Gasteiger partial charge in [-0.15, -0.1) is 5.10 Å². The maximum atomic E-state index is 4.25. The highest BCUT2D eigenvalue weighted by Gasteiger charge is 2.22. The van der Waals surface area contributed by atoms with Crippen molar-refractivity contribution in [3.05, 3.63) is 10.6 Å². The molecule has 18 heavy (non-hydrogen) atoms. The van der Waals surface area contributed by atoms with Gasteiger partial charge in [-0.05, 0) is 43.9 Å². The van der Waals surface area contributed by atoms with E-state index in [0.29, 0.717) is 0 Å². The van der Waals surface area contributed by atoms with Crippen LogP contribution in [0.1, 0.15) is 50.6 Å². The van der Waals surface area contributed by atoms with Crippen LogP contribution in [0.25, 0.3) is 0 Å². The molecule has 0 radical (unpaired) electrons. The molecule has 2 N–H and O–H groups in total. The molecular weight excluding hydrogens is 244 g/mol. The Balaban J connectivity index is 1.64. The third-order valence-electron chi connectivity index (χ3n) is 3.09. The Bertz CT molecular complexity index is 365. The van der Waals surface area contributed by atoms with Crippen LogP contribution in [0.5, 0.6) is 0 Å². The third kappa shape index (κ3) is 4.30. The van der Waals surface area contributed by atoms with Crippen LogP contribution in [0.15, 0.2) is 0 Å². The van der Waals surface area contributed by atoms with E-state index in [-0.39, 0.29) is 5.41 Å². The molecule has 1 aromatic heterocycles. The van der Waals surface area contributed by atoms with Gasteiger partial charge in [0.05, 0.1) is 10.6 Å². The van der Waals surface area contributed by atoms with Crippen molar-refractivity contribution in [3.63, 3.8) is 0 Å². The van der Waals surface area contributed by atoms with Crippen LogP contribution in [0.2, 0.25) is 0 Å². The van der Waals surface area contributed by atoms with Gasteiger partial charge >= 0.3 is 0 Å². The van der Waals surface area contributed by atoms with E-state index in [1.807, 2.05) is 0 Å².